The van der Waals surface area contributed by atoms with Crippen molar-refractivity contribution in [3.63, 3.8) is 0 Å². The number of para-hydroxylation sites is 2. The van der Waals surface area contributed by atoms with Gasteiger partial charge in [-0.15, -0.1) is 11.3 Å². The topological polar surface area (TPSA) is 43.6 Å². The Hall–Kier alpha value is -7.21. The van der Waals surface area contributed by atoms with E-state index >= 15 is 0 Å². The monoisotopic (exact) mass is 744 g/mol. The number of hydrogen-bond acceptors (Lipinski definition) is 4. The minimum Gasteiger partial charge on any atom is -0.308 e. The number of hydrogen-bond donors (Lipinski definition) is 0. The van der Waals surface area contributed by atoms with Crippen molar-refractivity contribution in [1.29, 1.82) is 0 Å². The van der Waals surface area contributed by atoms with Gasteiger partial charge >= 0.3 is 0 Å². The zero-order chi connectivity index (χ0) is 47.4. The van der Waals surface area contributed by atoms with Gasteiger partial charge in [-0.1, -0.05) is 157 Å². The number of aromatic nitrogens is 4. The van der Waals surface area contributed by atoms with Crippen LogP contribution in [0.15, 0.2) is 194 Å². The van der Waals surface area contributed by atoms with Gasteiger partial charge in [0.15, 0.2) is 17.5 Å². The largest absolute Gasteiger partial charge is 0.308 e. The predicted octanol–water partition coefficient (Wildman–Crippen LogP) is 13.7. The molecule has 0 N–H and O–H groups in total. The fraction of sp³-hybridized carbons (Fsp3) is 0. The Bertz CT molecular complexity index is 3940. The van der Waals surface area contributed by atoms with Crippen molar-refractivity contribution in [2.75, 3.05) is 0 Å². The third kappa shape index (κ3) is 5.32. The molecule has 0 atom stereocenters. The van der Waals surface area contributed by atoms with Gasteiger partial charge in [0.25, 0.3) is 0 Å². The van der Waals surface area contributed by atoms with Gasteiger partial charge in [0.05, 0.1) is 33.2 Å². The summed E-state index contributed by atoms with van der Waals surface area (Å²) >= 11 is 1.61. The van der Waals surface area contributed by atoms with Crippen molar-refractivity contribution in [3.8, 4) is 62.1 Å². The van der Waals surface area contributed by atoms with Crippen molar-refractivity contribution in [3.05, 3.63) is 194 Å². The minimum atomic E-state index is -0.696. The molecule has 3 aromatic heterocycles. The highest BCUT2D eigenvalue weighted by Crippen LogP contribution is 2.42. The van der Waals surface area contributed by atoms with Gasteiger partial charge in [-0.3, -0.25) is 0 Å². The number of nitrogens with zero attached hydrogens (tertiary/aromatic N) is 4. The van der Waals surface area contributed by atoms with Crippen molar-refractivity contribution >= 4 is 53.3 Å². The maximum atomic E-state index is 9.85. The average Bonchev–Trinajstić information content (AvgIpc) is 3.94. The van der Waals surface area contributed by atoms with Crippen LogP contribution in [0, 0.1) is 0 Å². The molecular weight excluding hydrogens is 701 g/mol. The van der Waals surface area contributed by atoms with E-state index in [1.54, 1.807) is 35.6 Å². The van der Waals surface area contributed by atoms with Crippen LogP contribution in [-0.2, 0) is 0 Å². The van der Waals surface area contributed by atoms with Crippen molar-refractivity contribution in [2.45, 2.75) is 0 Å². The molecule has 0 spiro atoms. The lowest BCUT2D eigenvalue weighted by Gasteiger charge is -2.16. The molecule has 11 rings (SSSR count). The first-order valence-corrected chi connectivity index (χ1v) is 18.6. The van der Waals surface area contributed by atoms with Crippen LogP contribution in [0.2, 0.25) is 0 Å². The molecule has 8 aromatic carbocycles. The maximum absolute atomic E-state index is 9.85. The first-order chi connectivity index (χ1) is 32.8. The molecule has 0 amide bonds. The van der Waals surface area contributed by atoms with Crippen LogP contribution < -0.4 is 0 Å². The van der Waals surface area contributed by atoms with Gasteiger partial charge in [-0.2, -0.15) is 0 Å². The SMILES string of the molecule is [2H]c1c([2H])c([2H])c(-c2c([2H])c([2H])c3c4c([2H])c([2H])c([2H])c([2H])c4n(-c4ccccc4-c4nc(-c5ccccc5-c5ccccc5)nc(-c5cccc6c5sc5ccccc56)n4)c3c2[2H])c([2H])c1[2H]. The van der Waals surface area contributed by atoms with E-state index in [1.165, 1.54) is 4.57 Å². The molecule has 0 fully saturated rings. The summed E-state index contributed by atoms with van der Waals surface area (Å²) in [6, 6.07) is 31.2. The Morgan fingerprint density at radius 2 is 1.04 bits per heavy atom. The Labute approximate surface area is 344 Å². The van der Waals surface area contributed by atoms with Gasteiger partial charge in [-0.05, 0) is 58.6 Å². The van der Waals surface area contributed by atoms with Gasteiger partial charge < -0.3 is 4.57 Å². The molecule has 0 aliphatic carbocycles. The smallest absolute Gasteiger partial charge is 0.166 e. The second-order valence-electron chi connectivity index (χ2n) is 13.0. The highest BCUT2D eigenvalue weighted by Gasteiger charge is 2.22. The minimum absolute atomic E-state index is 0.114. The Morgan fingerprint density at radius 3 is 1.89 bits per heavy atom. The molecule has 56 heavy (non-hydrogen) atoms. The molecular formula is C51H32N4S. The van der Waals surface area contributed by atoms with Crippen LogP contribution in [0.1, 0.15) is 16.4 Å². The third-order valence-electron chi connectivity index (χ3n) is 9.83. The van der Waals surface area contributed by atoms with E-state index in [-0.39, 0.29) is 33.3 Å². The summed E-state index contributed by atoms with van der Waals surface area (Å²) in [5, 5.41) is 1.82. The number of fused-ring (bicyclic) bond motifs is 6. The average molecular weight is 745 g/mol. The third-order valence-corrected chi connectivity index (χ3v) is 11.0. The van der Waals surface area contributed by atoms with Crippen LogP contribution in [0.3, 0.4) is 0 Å². The van der Waals surface area contributed by atoms with Gasteiger partial charge in [-0.25, -0.2) is 15.0 Å². The standard InChI is InChI=1S/C51H32N4S/c1-3-16-33(17-4-1)35-30-31-38-37-21-9-12-27-44(37)55(46(38)32-35)45-28-13-10-24-42(45)50-52-49(41-23-8-7-20-36(41)34-18-5-2-6-19-34)53-51(54-50)43-26-15-25-40-39-22-11-14-29-47(39)56-48(40)43/h1-32H/i1D,3D,4D,9D,12D,16D,17D,21D,27D,30D,31D,32D. The number of thiophene rings is 1. The first-order valence-electron chi connectivity index (χ1n) is 23.8. The molecule has 4 nitrogen and oxygen atoms in total. The summed E-state index contributed by atoms with van der Waals surface area (Å²) in [5.74, 6) is 0.845. The Morgan fingerprint density at radius 1 is 0.411 bits per heavy atom. The molecule has 0 radical (unpaired) electrons. The summed E-state index contributed by atoms with van der Waals surface area (Å²) < 4.78 is 111. The lowest BCUT2D eigenvalue weighted by Crippen LogP contribution is -2.04. The van der Waals surface area contributed by atoms with E-state index in [1.807, 2.05) is 78.9 Å². The number of rotatable bonds is 6. The fourth-order valence-corrected chi connectivity index (χ4v) is 8.53. The molecule has 11 aromatic rings. The molecule has 0 saturated carbocycles. The second kappa shape index (κ2) is 13.3. The van der Waals surface area contributed by atoms with Crippen LogP contribution in [0.5, 0.6) is 0 Å². The lowest BCUT2D eigenvalue weighted by molar-refractivity contribution is 1.07. The van der Waals surface area contributed by atoms with E-state index in [2.05, 4.69) is 18.2 Å². The van der Waals surface area contributed by atoms with Crippen molar-refractivity contribution in [2.24, 2.45) is 0 Å². The molecule has 0 unspecified atom stereocenters. The lowest BCUT2D eigenvalue weighted by atomic mass is 9.99. The van der Waals surface area contributed by atoms with Gasteiger partial charge in [0, 0.05) is 47.6 Å². The van der Waals surface area contributed by atoms with E-state index in [9.17, 15) is 6.85 Å². The van der Waals surface area contributed by atoms with Gasteiger partial charge in [0.2, 0.25) is 0 Å². The maximum Gasteiger partial charge on any atom is 0.166 e. The normalized spacial score (nSPS) is 14.6. The van der Waals surface area contributed by atoms with E-state index in [4.69, 9.17) is 24.5 Å². The summed E-state index contributed by atoms with van der Waals surface area (Å²) in [6.45, 7) is 0. The molecule has 0 aliphatic heterocycles. The Balaban J connectivity index is 1.27. The predicted molar refractivity (Wildman–Crippen MR) is 234 cm³/mol. The van der Waals surface area contributed by atoms with Crippen LogP contribution in [-0.4, -0.2) is 19.5 Å². The van der Waals surface area contributed by atoms with E-state index in [0.717, 1.165) is 36.9 Å². The number of benzene rings is 8. The second-order valence-corrected chi connectivity index (χ2v) is 14.1. The van der Waals surface area contributed by atoms with Crippen molar-refractivity contribution in [1.82, 2.24) is 19.5 Å². The summed E-state index contributed by atoms with van der Waals surface area (Å²) in [6.07, 6.45) is 0. The first kappa shape index (κ1) is 22.2. The molecule has 0 aliphatic rings. The van der Waals surface area contributed by atoms with Crippen LogP contribution in [0.25, 0.3) is 104 Å². The van der Waals surface area contributed by atoms with E-state index in [0.29, 0.717) is 22.8 Å². The zero-order valence-electron chi connectivity index (χ0n) is 41.2. The summed E-state index contributed by atoms with van der Waals surface area (Å²) in [4.78, 5) is 15.6. The van der Waals surface area contributed by atoms with Gasteiger partial charge in [0.1, 0.15) is 0 Å². The fourth-order valence-electron chi connectivity index (χ4n) is 7.32. The molecule has 262 valence electrons. The highest BCUT2D eigenvalue weighted by atomic mass is 32.1. The summed E-state index contributed by atoms with van der Waals surface area (Å²) in [7, 11) is 0. The van der Waals surface area contributed by atoms with Crippen LogP contribution >= 0.6 is 11.3 Å². The summed E-state index contributed by atoms with van der Waals surface area (Å²) in [5.41, 5.74) is 2.64. The van der Waals surface area contributed by atoms with Crippen LogP contribution in [0.4, 0.5) is 0 Å². The zero-order valence-corrected chi connectivity index (χ0v) is 30.1. The molecule has 3 heterocycles. The molecule has 0 saturated heterocycles. The molecule has 5 heteroatoms. The quantitative estimate of drug-likeness (QED) is 0.170. The Kier molecular flexibility index (Phi) is 5.27. The highest BCUT2D eigenvalue weighted by molar-refractivity contribution is 7.26. The van der Waals surface area contributed by atoms with Crippen molar-refractivity contribution < 1.29 is 16.4 Å². The molecule has 0 bridgehead atoms. The van der Waals surface area contributed by atoms with E-state index < -0.39 is 83.6 Å².